The topological polar surface area (TPSA) is 48.7 Å². The number of aromatic nitrogens is 2. The van der Waals surface area contributed by atoms with E-state index in [1.54, 1.807) is 0 Å². The van der Waals surface area contributed by atoms with Gasteiger partial charge < -0.3 is 14.8 Å². The molecule has 0 aromatic carbocycles. The molecule has 2 saturated heterocycles. The molecule has 2 fully saturated rings. The van der Waals surface area contributed by atoms with Crippen LogP contribution < -0.4 is 5.32 Å². The molecule has 6 nitrogen and oxygen atoms in total. The first-order chi connectivity index (χ1) is 13.1. The smallest absolute Gasteiger partial charge is 0.194 e. The molecule has 3 heterocycles. The lowest BCUT2D eigenvalue weighted by Crippen LogP contribution is -2.49. The first-order valence-electron chi connectivity index (χ1n) is 10.8. The van der Waals surface area contributed by atoms with Crippen LogP contribution in [0.2, 0.25) is 0 Å². The first kappa shape index (κ1) is 20.2. The standard InChI is InChI=1S/C21H38N6/c1-5-23-21(24-13-19-7-6-10-25(19)14-17(2)3)26-11-8-18(4)20(15-26)27-12-9-22-16-27/h9,12,16-20H,5-8,10-11,13-15H2,1-4H3,(H,23,24)/t18?,19-,20?/m1/s1. The predicted molar refractivity (Wildman–Crippen MR) is 112 cm³/mol. The summed E-state index contributed by atoms with van der Waals surface area (Å²) in [5.41, 5.74) is 0. The lowest BCUT2D eigenvalue weighted by Gasteiger charge is -2.39. The molecule has 2 aliphatic heterocycles. The van der Waals surface area contributed by atoms with Gasteiger partial charge >= 0.3 is 0 Å². The van der Waals surface area contributed by atoms with Crippen molar-refractivity contribution in [1.82, 2.24) is 24.7 Å². The molecule has 0 saturated carbocycles. The van der Waals surface area contributed by atoms with Crippen LogP contribution in [-0.2, 0) is 0 Å². The largest absolute Gasteiger partial charge is 0.357 e. The lowest BCUT2D eigenvalue weighted by molar-refractivity contribution is 0.188. The molecule has 1 aromatic rings. The molecule has 0 spiro atoms. The van der Waals surface area contributed by atoms with Crippen molar-refractivity contribution in [3.05, 3.63) is 18.7 Å². The third-order valence-corrected chi connectivity index (χ3v) is 6.01. The quantitative estimate of drug-likeness (QED) is 0.614. The van der Waals surface area contributed by atoms with Gasteiger partial charge in [0.1, 0.15) is 0 Å². The van der Waals surface area contributed by atoms with Gasteiger partial charge in [0.25, 0.3) is 0 Å². The maximum absolute atomic E-state index is 5.08. The number of nitrogens with zero attached hydrogens (tertiary/aromatic N) is 5. The van der Waals surface area contributed by atoms with E-state index in [1.807, 2.05) is 12.5 Å². The van der Waals surface area contributed by atoms with Gasteiger partial charge in [-0.3, -0.25) is 9.89 Å². The minimum Gasteiger partial charge on any atom is -0.357 e. The molecular weight excluding hydrogens is 336 g/mol. The van der Waals surface area contributed by atoms with Gasteiger partial charge in [-0.05, 0) is 44.6 Å². The van der Waals surface area contributed by atoms with Crippen molar-refractivity contribution in [3.8, 4) is 0 Å². The highest BCUT2D eigenvalue weighted by Crippen LogP contribution is 2.27. The summed E-state index contributed by atoms with van der Waals surface area (Å²) in [6.07, 6.45) is 9.72. The molecule has 1 N–H and O–H groups in total. The molecule has 0 radical (unpaired) electrons. The zero-order valence-electron chi connectivity index (χ0n) is 17.6. The lowest BCUT2D eigenvalue weighted by atomic mass is 9.93. The number of piperidine rings is 1. The highest BCUT2D eigenvalue weighted by molar-refractivity contribution is 5.80. The maximum atomic E-state index is 5.08. The summed E-state index contributed by atoms with van der Waals surface area (Å²) in [4.78, 5) is 14.4. The highest BCUT2D eigenvalue weighted by atomic mass is 15.3. The number of imidazole rings is 1. The van der Waals surface area contributed by atoms with Crippen molar-refractivity contribution >= 4 is 5.96 Å². The monoisotopic (exact) mass is 374 g/mol. The normalized spacial score (nSPS) is 27.5. The molecule has 2 unspecified atom stereocenters. The zero-order valence-corrected chi connectivity index (χ0v) is 17.6. The molecular formula is C21H38N6. The third-order valence-electron chi connectivity index (χ3n) is 6.01. The number of aliphatic imine (C=N–C) groups is 1. The Morgan fingerprint density at radius 2 is 2.15 bits per heavy atom. The van der Waals surface area contributed by atoms with Crippen LogP contribution in [0.4, 0.5) is 0 Å². The molecule has 27 heavy (non-hydrogen) atoms. The number of rotatable bonds is 6. The summed E-state index contributed by atoms with van der Waals surface area (Å²) < 4.78 is 2.27. The molecule has 0 aliphatic carbocycles. The Morgan fingerprint density at radius 3 is 2.85 bits per heavy atom. The zero-order chi connectivity index (χ0) is 19.2. The van der Waals surface area contributed by atoms with Gasteiger partial charge in [-0.15, -0.1) is 0 Å². The van der Waals surface area contributed by atoms with E-state index in [0.29, 0.717) is 18.0 Å². The van der Waals surface area contributed by atoms with Gasteiger partial charge in [-0.1, -0.05) is 20.8 Å². The third kappa shape index (κ3) is 5.24. The van der Waals surface area contributed by atoms with Crippen LogP contribution in [-0.4, -0.2) is 70.6 Å². The summed E-state index contributed by atoms with van der Waals surface area (Å²) >= 11 is 0. The van der Waals surface area contributed by atoms with Gasteiger partial charge in [0.15, 0.2) is 5.96 Å². The van der Waals surface area contributed by atoms with E-state index in [2.05, 4.69) is 58.6 Å². The van der Waals surface area contributed by atoms with Crippen LogP contribution >= 0.6 is 0 Å². The predicted octanol–water partition coefficient (Wildman–Crippen LogP) is 2.85. The van der Waals surface area contributed by atoms with Crippen LogP contribution in [0.5, 0.6) is 0 Å². The summed E-state index contributed by atoms with van der Waals surface area (Å²) in [6, 6.07) is 1.07. The van der Waals surface area contributed by atoms with Crippen molar-refractivity contribution < 1.29 is 0 Å². The van der Waals surface area contributed by atoms with Crippen molar-refractivity contribution in [2.45, 2.75) is 59.0 Å². The maximum Gasteiger partial charge on any atom is 0.194 e. The minimum absolute atomic E-state index is 0.467. The van der Waals surface area contributed by atoms with E-state index in [1.165, 1.54) is 32.4 Å². The second-order valence-corrected chi connectivity index (χ2v) is 8.67. The van der Waals surface area contributed by atoms with Crippen molar-refractivity contribution in [2.24, 2.45) is 16.8 Å². The van der Waals surface area contributed by atoms with Crippen molar-refractivity contribution in [3.63, 3.8) is 0 Å². The van der Waals surface area contributed by atoms with E-state index in [4.69, 9.17) is 4.99 Å². The summed E-state index contributed by atoms with van der Waals surface area (Å²) in [6.45, 7) is 15.5. The Hall–Kier alpha value is -1.56. The Morgan fingerprint density at radius 1 is 1.30 bits per heavy atom. The Labute approximate surface area is 165 Å². The molecule has 3 atom stereocenters. The average molecular weight is 375 g/mol. The van der Waals surface area contributed by atoms with Crippen LogP contribution in [0.3, 0.4) is 0 Å². The summed E-state index contributed by atoms with van der Waals surface area (Å²) in [5, 5.41) is 3.55. The molecule has 0 amide bonds. The second kappa shape index (κ2) is 9.58. The van der Waals surface area contributed by atoms with E-state index in [0.717, 1.165) is 38.1 Å². The van der Waals surface area contributed by atoms with Crippen LogP contribution in [0.1, 0.15) is 53.0 Å². The van der Waals surface area contributed by atoms with Crippen LogP contribution in [0, 0.1) is 11.8 Å². The first-order valence-corrected chi connectivity index (χ1v) is 10.8. The fourth-order valence-electron chi connectivity index (χ4n) is 4.52. The van der Waals surface area contributed by atoms with Crippen molar-refractivity contribution in [2.75, 3.05) is 39.3 Å². The summed E-state index contributed by atoms with van der Waals surface area (Å²) in [7, 11) is 0. The molecule has 3 rings (SSSR count). The van der Waals surface area contributed by atoms with E-state index >= 15 is 0 Å². The summed E-state index contributed by atoms with van der Waals surface area (Å²) in [5.74, 6) is 2.47. The number of hydrogen-bond acceptors (Lipinski definition) is 3. The number of guanidine groups is 1. The number of hydrogen-bond donors (Lipinski definition) is 1. The molecule has 0 bridgehead atoms. The van der Waals surface area contributed by atoms with Crippen LogP contribution in [0.25, 0.3) is 0 Å². The Kier molecular flexibility index (Phi) is 7.16. The molecule has 152 valence electrons. The number of nitrogens with one attached hydrogen (secondary N) is 1. The average Bonchev–Trinajstić information content (AvgIpc) is 3.31. The molecule has 6 heteroatoms. The second-order valence-electron chi connectivity index (χ2n) is 8.67. The van der Waals surface area contributed by atoms with E-state index in [9.17, 15) is 0 Å². The minimum atomic E-state index is 0.467. The Balaban J connectivity index is 1.66. The molecule has 2 aliphatic rings. The van der Waals surface area contributed by atoms with Gasteiger partial charge in [-0.2, -0.15) is 0 Å². The number of likely N-dealkylation sites (tertiary alicyclic amines) is 2. The SMILES string of the molecule is CCNC(=NC[C@H]1CCCN1CC(C)C)N1CCC(C)C(n2ccnc2)C1. The van der Waals surface area contributed by atoms with Crippen molar-refractivity contribution in [1.29, 1.82) is 0 Å². The fourth-order valence-corrected chi connectivity index (χ4v) is 4.52. The van der Waals surface area contributed by atoms with Gasteiger partial charge in [0.05, 0.1) is 18.9 Å². The Bertz CT molecular complexity index is 582. The molecule has 1 aromatic heterocycles. The highest BCUT2D eigenvalue weighted by Gasteiger charge is 2.30. The van der Waals surface area contributed by atoms with Gasteiger partial charge in [0, 0.05) is 44.6 Å². The van der Waals surface area contributed by atoms with Gasteiger partial charge in [-0.25, -0.2) is 4.98 Å². The van der Waals surface area contributed by atoms with E-state index < -0.39 is 0 Å². The van der Waals surface area contributed by atoms with Crippen LogP contribution in [0.15, 0.2) is 23.7 Å². The fraction of sp³-hybridized carbons (Fsp3) is 0.810. The van der Waals surface area contributed by atoms with Gasteiger partial charge in [0.2, 0.25) is 0 Å². The van der Waals surface area contributed by atoms with E-state index in [-0.39, 0.29) is 0 Å².